The molecule has 1 aliphatic carbocycles. The summed E-state index contributed by atoms with van der Waals surface area (Å²) in [7, 11) is 0. The topological polar surface area (TPSA) is 95.3 Å². The number of oxazole rings is 1. The molecular formula is C26H28N4O3. The number of furan rings is 1. The molecule has 1 aliphatic heterocycles. The lowest BCUT2D eigenvalue weighted by Gasteiger charge is -2.33. The highest BCUT2D eigenvalue weighted by molar-refractivity contribution is 5.79. The van der Waals surface area contributed by atoms with Crippen LogP contribution in [0.1, 0.15) is 55.8 Å². The van der Waals surface area contributed by atoms with E-state index < -0.39 is 0 Å². The van der Waals surface area contributed by atoms with Crippen LogP contribution in [0, 0.1) is 23.2 Å². The summed E-state index contributed by atoms with van der Waals surface area (Å²) < 4.78 is 11.2. The van der Waals surface area contributed by atoms with E-state index in [0.29, 0.717) is 49.4 Å². The van der Waals surface area contributed by atoms with Crippen molar-refractivity contribution in [3.05, 3.63) is 60.0 Å². The molecule has 5 rings (SSSR count). The fourth-order valence-electron chi connectivity index (χ4n) is 5.15. The Balaban J connectivity index is 1.24. The Hall–Kier alpha value is -3.53. The zero-order valence-electron chi connectivity index (χ0n) is 18.6. The minimum atomic E-state index is -0.0492. The second-order valence-electron chi connectivity index (χ2n) is 8.96. The molecule has 1 amide bonds. The van der Waals surface area contributed by atoms with E-state index in [0.717, 1.165) is 0 Å². The van der Waals surface area contributed by atoms with Gasteiger partial charge in [0.2, 0.25) is 17.5 Å². The van der Waals surface area contributed by atoms with E-state index in [-0.39, 0.29) is 23.6 Å². The quantitative estimate of drug-likeness (QED) is 0.570. The Morgan fingerprint density at radius 1 is 1.09 bits per heavy atom. The summed E-state index contributed by atoms with van der Waals surface area (Å²) in [4.78, 5) is 19.5. The third kappa shape index (κ3) is 4.51. The Bertz CT molecular complexity index is 1100. The number of anilines is 1. The molecule has 1 atom stereocenters. The van der Waals surface area contributed by atoms with Crippen molar-refractivity contribution in [2.75, 3.05) is 18.0 Å². The molecule has 1 unspecified atom stereocenters. The molecule has 1 saturated heterocycles. The SMILES string of the molecule is N#Cc1nc(-c2ccco2)oc1N1CCC(C(=O)NC(c2ccccc2)C2CCCC2)CC1. The second kappa shape index (κ2) is 9.53. The van der Waals surface area contributed by atoms with Gasteiger partial charge in [-0.25, -0.2) is 0 Å². The van der Waals surface area contributed by atoms with E-state index in [1.807, 2.05) is 23.1 Å². The number of aromatic nitrogens is 1. The van der Waals surface area contributed by atoms with Crippen molar-refractivity contribution in [1.29, 1.82) is 5.26 Å². The average molecular weight is 445 g/mol. The van der Waals surface area contributed by atoms with Gasteiger partial charge in [-0.1, -0.05) is 43.2 Å². The van der Waals surface area contributed by atoms with E-state index in [4.69, 9.17) is 8.83 Å². The fourth-order valence-corrected chi connectivity index (χ4v) is 5.15. The van der Waals surface area contributed by atoms with Crippen LogP contribution in [-0.4, -0.2) is 24.0 Å². The van der Waals surface area contributed by atoms with Crippen LogP contribution >= 0.6 is 0 Å². The fraction of sp³-hybridized carbons (Fsp3) is 0.423. The molecule has 3 heterocycles. The predicted molar refractivity (Wildman–Crippen MR) is 123 cm³/mol. The van der Waals surface area contributed by atoms with E-state index in [9.17, 15) is 10.1 Å². The maximum atomic E-state index is 13.2. The lowest BCUT2D eigenvalue weighted by molar-refractivity contribution is -0.126. The van der Waals surface area contributed by atoms with Crippen molar-refractivity contribution in [1.82, 2.24) is 10.3 Å². The van der Waals surface area contributed by atoms with Gasteiger partial charge < -0.3 is 19.1 Å². The van der Waals surface area contributed by atoms with E-state index >= 15 is 0 Å². The Morgan fingerprint density at radius 2 is 1.85 bits per heavy atom. The van der Waals surface area contributed by atoms with Crippen LogP contribution in [-0.2, 0) is 4.79 Å². The maximum Gasteiger partial charge on any atom is 0.266 e. The number of piperidine rings is 1. The van der Waals surface area contributed by atoms with Crippen molar-refractivity contribution >= 4 is 11.8 Å². The Morgan fingerprint density at radius 3 is 2.52 bits per heavy atom. The van der Waals surface area contributed by atoms with E-state index in [1.54, 1.807) is 18.4 Å². The van der Waals surface area contributed by atoms with Crippen molar-refractivity contribution in [3.8, 4) is 17.7 Å². The summed E-state index contributed by atoms with van der Waals surface area (Å²) in [6.45, 7) is 1.28. The van der Waals surface area contributed by atoms with Crippen LogP contribution in [0.15, 0.2) is 57.6 Å². The van der Waals surface area contributed by atoms with Gasteiger partial charge in [0.25, 0.3) is 5.89 Å². The van der Waals surface area contributed by atoms with Gasteiger partial charge in [0.1, 0.15) is 6.07 Å². The zero-order chi connectivity index (χ0) is 22.6. The van der Waals surface area contributed by atoms with Gasteiger partial charge in [-0.05, 0) is 49.3 Å². The monoisotopic (exact) mass is 444 g/mol. The average Bonchev–Trinajstić information content (AvgIpc) is 3.64. The number of carbonyl (C=O) groups excluding carboxylic acids is 1. The molecule has 1 N–H and O–H groups in total. The number of nitrogens with one attached hydrogen (secondary N) is 1. The van der Waals surface area contributed by atoms with Gasteiger partial charge in [0.05, 0.1) is 12.3 Å². The van der Waals surface area contributed by atoms with Crippen molar-refractivity contribution in [3.63, 3.8) is 0 Å². The van der Waals surface area contributed by atoms with Crippen LogP contribution in [0.2, 0.25) is 0 Å². The first-order valence-corrected chi connectivity index (χ1v) is 11.8. The number of rotatable bonds is 6. The number of hydrogen-bond acceptors (Lipinski definition) is 6. The van der Waals surface area contributed by atoms with E-state index in [2.05, 4.69) is 28.5 Å². The second-order valence-corrected chi connectivity index (χ2v) is 8.96. The summed E-state index contributed by atoms with van der Waals surface area (Å²) in [5, 5.41) is 12.9. The van der Waals surface area contributed by atoms with Crippen molar-refractivity contribution in [2.45, 2.75) is 44.6 Å². The van der Waals surface area contributed by atoms with Crippen LogP contribution < -0.4 is 10.2 Å². The number of carbonyl (C=O) groups is 1. The van der Waals surface area contributed by atoms with Crippen LogP contribution in [0.5, 0.6) is 0 Å². The molecule has 1 aromatic carbocycles. The number of benzene rings is 1. The minimum Gasteiger partial charge on any atom is -0.459 e. The first kappa shape index (κ1) is 21.3. The summed E-state index contributed by atoms with van der Waals surface area (Å²) in [6, 6.07) is 16.0. The molecule has 7 heteroatoms. The molecule has 170 valence electrons. The van der Waals surface area contributed by atoms with Crippen molar-refractivity contribution < 1.29 is 13.6 Å². The first-order valence-electron chi connectivity index (χ1n) is 11.8. The summed E-state index contributed by atoms with van der Waals surface area (Å²) in [5.41, 5.74) is 1.44. The molecule has 0 spiro atoms. The molecule has 2 fully saturated rings. The maximum absolute atomic E-state index is 13.2. The highest BCUT2D eigenvalue weighted by Gasteiger charge is 2.33. The molecule has 0 bridgehead atoms. The van der Waals surface area contributed by atoms with Gasteiger partial charge in [-0.2, -0.15) is 10.2 Å². The highest BCUT2D eigenvalue weighted by Crippen LogP contribution is 2.36. The van der Waals surface area contributed by atoms with Gasteiger partial charge in [0.15, 0.2) is 5.76 Å². The number of nitrogens with zero attached hydrogens (tertiary/aromatic N) is 3. The summed E-state index contributed by atoms with van der Waals surface area (Å²) in [6.07, 6.45) is 7.77. The molecule has 2 aliphatic rings. The smallest absolute Gasteiger partial charge is 0.266 e. The van der Waals surface area contributed by atoms with E-state index in [1.165, 1.54) is 31.2 Å². The van der Waals surface area contributed by atoms with Gasteiger partial charge in [-0.15, -0.1) is 0 Å². The van der Waals surface area contributed by atoms with Crippen LogP contribution in [0.25, 0.3) is 11.7 Å². The number of nitriles is 1. The van der Waals surface area contributed by atoms with Gasteiger partial charge >= 0.3 is 0 Å². The standard InChI is InChI=1S/C26H28N4O3/c27-17-21-26(33-25(28-21)22-11-6-16-32-22)30-14-12-20(13-15-30)24(31)29-23(19-9-4-5-10-19)18-7-2-1-3-8-18/h1-3,6-8,11,16,19-20,23H,4-5,9-10,12-15H2,(H,29,31). The number of amides is 1. The molecule has 33 heavy (non-hydrogen) atoms. The largest absolute Gasteiger partial charge is 0.459 e. The van der Waals surface area contributed by atoms with Gasteiger partial charge in [-0.3, -0.25) is 4.79 Å². The lowest BCUT2D eigenvalue weighted by Crippen LogP contribution is -2.42. The predicted octanol–water partition coefficient (Wildman–Crippen LogP) is 5.07. The lowest BCUT2D eigenvalue weighted by atomic mass is 9.89. The first-order chi connectivity index (χ1) is 16.2. The Kier molecular flexibility index (Phi) is 6.16. The molecular weight excluding hydrogens is 416 g/mol. The zero-order valence-corrected chi connectivity index (χ0v) is 18.6. The third-order valence-corrected chi connectivity index (χ3v) is 6.93. The third-order valence-electron chi connectivity index (χ3n) is 6.93. The van der Waals surface area contributed by atoms with Crippen LogP contribution in [0.4, 0.5) is 5.88 Å². The Labute approximate surface area is 193 Å². The molecule has 3 aromatic rings. The minimum absolute atomic E-state index is 0.0492. The molecule has 0 radical (unpaired) electrons. The molecule has 1 saturated carbocycles. The van der Waals surface area contributed by atoms with Gasteiger partial charge in [0, 0.05) is 19.0 Å². The van der Waals surface area contributed by atoms with Crippen molar-refractivity contribution in [2.24, 2.45) is 11.8 Å². The normalized spacial score (nSPS) is 18.2. The van der Waals surface area contributed by atoms with Crippen LogP contribution in [0.3, 0.4) is 0 Å². The molecule has 2 aromatic heterocycles. The summed E-state index contributed by atoms with van der Waals surface area (Å²) in [5.74, 6) is 1.83. The highest BCUT2D eigenvalue weighted by atomic mass is 16.4. The molecule has 7 nitrogen and oxygen atoms in total. The number of hydrogen-bond donors (Lipinski definition) is 1. The summed E-state index contributed by atoms with van der Waals surface area (Å²) >= 11 is 0.